The third-order valence-corrected chi connectivity index (χ3v) is 3.55. The molecule has 0 bridgehead atoms. The average molecular weight is 337 g/mol. The second-order valence-corrected chi connectivity index (χ2v) is 6.09. The number of halogens is 1. The van der Waals surface area contributed by atoms with E-state index < -0.39 is 0 Å². The van der Waals surface area contributed by atoms with Crippen LogP contribution in [0.25, 0.3) is 11.3 Å². The van der Waals surface area contributed by atoms with Crippen molar-refractivity contribution in [2.24, 2.45) is 0 Å². The number of hydrogen-bond acceptors (Lipinski definition) is 5. The van der Waals surface area contributed by atoms with Gasteiger partial charge < -0.3 is 10.6 Å². The van der Waals surface area contributed by atoms with Crippen molar-refractivity contribution in [2.45, 2.75) is 26.8 Å². The molecule has 2 N–H and O–H groups in total. The van der Waals surface area contributed by atoms with Crippen LogP contribution in [0.2, 0.25) is 0 Å². The molecule has 0 saturated carbocycles. The monoisotopic (exact) mass is 337 g/mol. The Bertz CT molecular complexity index is 865. The molecule has 0 spiro atoms. The van der Waals surface area contributed by atoms with E-state index in [1.54, 1.807) is 31.5 Å². The molecular weight excluding hydrogens is 317 g/mol. The first-order chi connectivity index (χ1) is 12.0. The lowest BCUT2D eigenvalue weighted by molar-refractivity contribution is 0.619. The number of hydrogen-bond donors (Lipinski definition) is 2. The molecule has 0 atom stereocenters. The van der Waals surface area contributed by atoms with Crippen LogP contribution < -0.4 is 10.6 Å². The van der Waals surface area contributed by atoms with Crippen molar-refractivity contribution in [3.05, 3.63) is 60.2 Å². The van der Waals surface area contributed by atoms with Crippen LogP contribution >= 0.6 is 0 Å². The van der Waals surface area contributed by atoms with Crippen molar-refractivity contribution >= 4 is 17.5 Å². The second-order valence-electron chi connectivity index (χ2n) is 6.09. The number of benzene rings is 1. The number of aromatic nitrogens is 3. The minimum atomic E-state index is -0.229. The number of nitrogens with zero attached hydrogens (tertiary/aromatic N) is 3. The minimum Gasteiger partial charge on any atom is -0.352 e. The normalized spacial score (nSPS) is 10.8. The summed E-state index contributed by atoms with van der Waals surface area (Å²) in [7, 11) is 0. The van der Waals surface area contributed by atoms with Crippen LogP contribution in [-0.4, -0.2) is 21.0 Å². The molecular formula is C19H20FN5. The zero-order valence-corrected chi connectivity index (χ0v) is 14.4. The summed E-state index contributed by atoms with van der Waals surface area (Å²) in [6.07, 6.45) is 3.45. The van der Waals surface area contributed by atoms with Gasteiger partial charge in [-0.15, -0.1) is 0 Å². The third kappa shape index (κ3) is 4.29. The highest BCUT2D eigenvalue weighted by Gasteiger charge is 2.09. The SMILES string of the molecule is Cc1cc(Nc2cc(-c3ccncc3)nc(NC(C)C)n2)ccc1F. The zero-order valence-electron chi connectivity index (χ0n) is 14.4. The van der Waals surface area contributed by atoms with Crippen LogP contribution in [0.4, 0.5) is 21.8 Å². The van der Waals surface area contributed by atoms with Crippen LogP contribution in [0.15, 0.2) is 48.8 Å². The lowest BCUT2D eigenvalue weighted by atomic mass is 10.2. The van der Waals surface area contributed by atoms with Gasteiger partial charge >= 0.3 is 0 Å². The van der Waals surface area contributed by atoms with Gasteiger partial charge in [0.25, 0.3) is 0 Å². The minimum absolute atomic E-state index is 0.202. The first kappa shape index (κ1) is 16.8. The Kier molecular flexibility index (Phi) is 4.88. The standard InChI is InChI=1S/C19H20FN5/c1-12(2)22-19-24-17(14-6-8-21-9-7-14)11-18(25-19)23-15-4-5-16(20)13(3)10-15/h4-12H,1-3H3,(H2,22,23,24,25). The van der Waals surface area contributed by atoms with Crippen molar-refractivity contribution in [1.82, 2.24) is 15.0 Å². The zero-order chi connectivity index (χ0) is 17.8. The number of pyridine rings is 1. The Balaban J connectivity index is 1.98. The lowest BCUT2D eigenvalue weighted by Gasteiger charge is -2.13. The maximum atomic E-state index is 13.5. The summed E-state index contributed by atoms with van der Waals surface area (Å²) in [4.78, 5) is 13.1. The Morgan fingerprint density at radius 2 is 1.76 bits per heavy atom. The van der Waals surface area contributed by atoms with E-state index in [1.165, 1.54) is 6.07 Å². The Morgan fingerprint density at radius 3 is 2.44 bits per heavy atom. The number of anilines is 3. The van der Waals surface area contributed by atoms with Gasteiger partial charge in [0.2, 0.25) is 5.95 Å². The summed E-state index contributed by atoms with van der Waals surface area (Å²) < 4.78 is 13.5. The van der Waals surface area contributed by atoms with Crippen molar-refractivity contribution in [3.8, 4) is 11.3 Å². The molecule has 0 amide bonds. The first-order valence-electron chi connectivity index (χ1n) is 8.10. The number of nitrogens with one attached hydrogen (secondary N) is 2. The van der Waals surface area contributed by atoms with E-state index in [0.717, 1.165) is 16.9 Å². The van der Waals surface area contributed by atoms with Crippen LogP contribution in [0, 0.1) is 12.7 Å². The third-order valence-electron chi connectivity index (χ3n) is 3.55. The number of rotatable bonds is 5. The molecule has 0 fully saturated rings. The maximum Gasteiger partial charge on any atom is 0.225 e. The molecule has 128 valence electrons. The maximum absolute atomic E-state index is 13.5. The fourth-order valence-corrected chi connectivity index (χ4v) is 2.37. The molecule has 2 heterocycles. The molecule has 0 unspecified atom stereocenters. The predicted octanol–water partition coefficient (Wildman–Crippen LogP) is 4.55. The highest BCUT2D eigenvalue weighted by Crippen LogP contribution is 2.24. The van der Waals surface area contributed by atoms with E-state index in [4.69, 9.17) is 0 Å². The fraction of sp³-hybridized carbons (Fsp3) is 0.211. The topological polar surface area (TPSA) is 62.7 Å². The highest BCUT2D eigenvalue weighted by atomic mass is 19.1. The van der Waals surface area contributed by atoms with Crippen molar-refractivity contribution in [1.29, 1.82) is 0 Å². The van der Waals surface area contributed by atoms with Gasteiger partial charge in [-0.25, -0.2) is 9.37 Å². The first-order valence-corrected chi connectivity index (χ1v) is 8.10. The van der Waals surface area contributed by atoms with Crippen molar-refractivity contribution in [3.63, 3.8) is 0 Å². The molecule has 0 saturated heterocycles. The van der Waals surface area contributed by atoms with E-state index in [1.807, 2.05) is 32.0 Å². The van der Waals surface area contributed by atoms with E-state index >= 15 is 0 Å². The van der Waals surface area contributed by atoms with Gasteiger partial charge in [0, 0.05) is 35.8 Å². The molecule has 3 aromatic rings. The summed E-state index contributed by atoms with van der Waals surface area (Å²) in [5, 5.41) is 6.45. The summed E-state index contributed by atoms with van der Waals surface area (Å²) in [6, 6.07) is 10.7. The van der Waals surface area contributed by atoms with E-state index in [9.17, 15) is 4.39 Å². The predicted molar refractivity (Wildman–Crippen MR) is 98.4 cm³/mol. The lowest BCUT2D eigenvalue weighted by Crippen LogP contribution is -2.13. The van der Waals surface area contributed by atoms with E-state index in [2.05, 4.69) is 25.6 Å². The van der Waals surface area contributed by atoms with Gasteiger partial charge in [-0.2, -0.15) is 4.98 Å². The van der Waals surface area contributed by atoms with Gasteiger partial charge in [-0.1, -0.05) is 0 Å². The largest absolute Gasteiger partial charge is 0.352 e. The van der Waals surface area contributed by atoms with E-state index in [-0.39, 0.29) is 11.9 Å². The summed E-state index contributed by atoms with van der Waals surface area (Å²) in [5.74, 6) is 0.939. The van der Waals surface area contributed by atoms with Crippen LogP contribution in [0.1, 0.15) is 19.4 Å². The smallest absolute Gasteiger partial charge is 0.225 e. The number of aryl methyl sites for hydroxylation is 1. The highest BCUT2D eigenvalue weighted by molar-refractivity contribution is 5.67. The fourth-order valence-electron chi connectivity index (χ4n) is 2.37. The molecule has 3 rings (SSSR count). The van der Waals surface area contributed by atoms with Crippen molar-refractivity contribution in [2.75, 3.05) is 10.6 Å². The Morgan fingerprint density at radius 1 is 1.00 bits per heavy atom. The van der Waals surface area contributed by atoms with E-state index in [0.29, 0.717) is 17.3 Å². The quantitative estimate of drug-likeness (QED) is 0.715. The molecule has 5 nitrogen and oxygen atoms in total. The van der Waals surface area contributed by atoms with Gasteiger partial charge in [-0.3, -0.25) is 4.98 Å². The molecule has 0 aliphatic carbocycles. The molecule has 0 aliphatic rings. The molecule has 25 heavy (non-hydrogen) atoms. The second kappa shape index (κ2) is 7.25. The van der Waals surface area contributed by atoms with Crippen LogP contribution in [-0.2, 0) is 0 Å². The average Bonchev–Trinajstić information content (AvgIpc) is 2.58. The molecule has 2 aromatic heterocycles. The van der Waals surface area contributed by atoms with Gasteiger partial charge in [0.1, 0.15) is 11.6 Å². The summed E-state index contributed by atoms with van der Waals surface area (Å²) >= 11 is 0. The van der Waals surface area contributed by atoms with Gasteiger partial charge in [0.05, 0.1) is 5.69 Å². The van der Waals surface area contributed by atoms with Crippen molar-refractivity contribution < 1.29 is 4.39 Å². The Hall–Kier alpha value is -3.02. The molecule has 6 heteroatoms. The molecule has 0 aliphatic heterocycles. The summed E-state index contributed by atoms with van der Waals surface area (Å²) in [6.45, 7) is 5.78. The van der Waals surface area contributed by atoms with Gasteiger partial charge in [0.15, 0.2) is 0 Å². The summed E-state index contributed by atoms with van der Waals surface area (Å²) in [5.41, 5.74) is 3.08. The van der Waals surface area contributed by atoms with Crippen LogP contribution in [0.3, 0.4) is 0 Å². The molecule has 0 radical (unpaired) electrons. The Labute approximate surface area is 146 Å². The van der Waals surface area contributed by atoms with Crippen LogP contribution in [0.5, 0.6) is 0 Å². The molecule has 1 aromatic carbocycles. The van der Waals surface area contributed by atoms with Gasteiger partial charge in [-0.05, 0) is 56.7 Å².